The molecule has 10 heteroatoms. The lowest BCUT2D eigenvalue weighted by Gasteiger charge is -2.32. The topological polar surface area (TPSA) is 132 Å². The van der Waals surface area contributed by atoms with Crippen molar-refractivity contribution in [3.05, 3.63) is 72.4 Å². The maximum Gasteiger partial charge on any atom is 0.434 e. The molecule has 0 spiro atoms. The number of fused-ring (bicyclic) bond motifs is 1. The largest absolute Gasteiger partial charge is 0.473 e. The van der Waals surface area contributed by atoms with Crippen LogP contribution in [0.4, 0.5) is 22.1 Å². The maximum atomic E-state index is 13.9. The number of aromatic nitrogens is 3. The Balaban J connectivity index is 1.82. The summed E-state index contributed by atoms with van der Waals surface area (Å²) in [6, 6.07) is 17.1. The van der Waals surface area contributed by atoms with Crippen LogP contribution in [0.3, 0.4) is 0 Å². The van der Waals surface area contributed by atoms with Gasteiger partial charge in [0, 0.05) is 44.3 Å². The number of urea groups is 1. The molecule has 2 aromatic heterocycles. The van der Waals surface area contributed by atoms with Crippen molar-refractivity contribution in [1.29, 1.82) is 0 Å². The summed E-state index contributed by atoms with van der Waals surface area (Å²) in [5.41, 5.74) is 7.29. The molecule has 0 radical (unpaired) electrons. The highest BCUT2D eigenvalue weighted by Gasteiger charge is 2.50. The second kappa shape index (κ2) is 9.76. The Kier molecular flexibility index (Phi) is 6.36. The zero-order valence-corrected chi connectivity index (χ0v) is 19.8. The van der Waals surface area contributed by atoms with E-state index in [-0.39, 0.29) is 17.6 Å². The van der Waals surface area contributed by atoms with E-state index in [2.05, 4.69) is 10.3 Å². The molecule has 1 saturated heterocycles. The van der Waals surface area contributed by atoms with E-state index in [0.717, 1.165) is 12.8 Å². The third-order valence-electron chi connectivity index (χ3n) is 6.31. The average molecular weight is 488 g/mol. The van der Waals surface area contributed by atoms with Gasteiger partial charge in [-0.25, -0.2) is 4.79 Å². The van der Waals surface area contributed by atoms with E-state index >= 15 is 0 Å². The van der Waals surface area contributed by atoms with Gasteiger partial charge in [0.2, 0.25) is 5.88 Å². The highest BCUT2D eigenvalue weighted by Crippen LogP contribution is 2.45. The van der Waals surface area contributed by atoms with Crippen LogP contribution in [-0.2, 0) is 4.74 Å². The Morgan fingerprint density at radius 3 is 2.50 bits per heavy atom. The van der Waals surface area contributed by atoms with Crippen LogP contribution >= 0.6 is 0 Å². The summed E-state index contributed by atoms with van der Waals surface area (Å²) in [6.45, 7) is 1.21. The minimum atomic E-state index is -0.674. The molecule has 1 aliphatic heterocycles. The fourth-order valence-corrected chi connectivity index (χ4v) is 4.57. The summed E-state index contributed by atoms with van der Waals surface area (Å²) in [5.74, 6) is -0.221. The van der Waals surface area contributed by atoms with Crippen LogP contribution in [0.15, 0.2) is 66.9 Å². The monoisotopic (exact) mass is 487 g/mol. The number of aromatic amines is 1. The van der Waals surface area contributed by atoms with Gasteiger partial charge in [0.05, 0.1) is 18.6 Å². The summed E-state index contributed by atoms with van der Waals surface area (Å²) in [5, 5.41) is 3.44. The lowest BCUT2D eigenvalue weighted by molar-refractivity contribution is 0.0244. The van der Waals surface area contributed by atoms with E-state index < -0.39 is 16.4 Å². The van der Waals surface area contributed by atoms with E-state index in [1.807, 2.05) is 24.3 Å². The number of amides is 3. The molecule has 1 atom stereocenters. The highest BCUT2D eigenvalue weighted by molar-refractivity contribution is 6.07. The van der Waals surface area contributed by atoms with Crippen molar-refractivity contribution in [2.45, 2.75) is 18.9 Å². The van der Waals surface area contributed by atoms with Crippen molar-refractivity contribution in [2.75, 3.05) is 20.3 Å². The Hall–Kier alpha value is -4.28. The molecule has 2 aromatic carbocycles. The number of nitrogens with two attached hydrogens (primary N) is 1. The second-order valence-corrected chi connectivity index (χ2v) is 8.44. The number of quaternary nitrogens is 1. The minimum Gasteiger partial charge on any atom is -0.473 e. The molecule has 5 rings (SSSR count). The number of primary amides is 1. The zero-order valence-electron chi connectivity index (χ0n) is 19.8. The first-order valence-electron chi connectivity index (χ1n) is 11.7. The van der Waals surface area contributed by atoms with Crippen LogP contribution < -0.4 is 20.3 Å². The number of carbonyl (C=O) groups excluding carboxylic acids is 2. The molecule has 10 nitrogen and oxygen atoms in total. The number of H-pyrrole nitrogens is 1. The molecule has 3 heterocycles. The van der Waals surface area contributed by atoms with Crippen molar-refractivity contribution in [1.82, 2.24) is 24.8 Å². The molecule has 4 N–H and O–H groups in total. The third-order valence-corrected chi connectivity index (χ3v) is 6.31. The van der Waals surface area contributed by atoms with Crippen molar-refractivity contribution in [3.8, 4) is 5.88 Å². The molecule has 3 amide bonds. The average Bonchev–Trinajstić information content (AvgIpc) is 3.40. The van der Waals surface area contributed by atoms with Gasteiger partial charge in [-0.1, -0.05) is 30.3 Å². The van der Waals surface area contributed by atoms with Crippen LogP contribution in [0.2, 0.25) is 0 Å². The fraction of sp³-hybridized carbons (Fsp3) is 0.231. The Bertz CT molecular complexity index is 1400. The van der Waals surface area contributed by atoms with E-state index in [1.54, 1.807) is 42.6 Å². The van der Waals surface area contributed by atoms with Crippen LogP contribution in [0.5, 0.6) is 5.88 Å². The Labute approximate surface area is 207 Å². The van der Waals surface area contributed by atoms with Crippen LogP contribution in [0.25, 0.3) is 11.0 Å². The summed E-state index contributed by atoms with van der Waals surface area (Å²) < 4.78 is 11.2. The quantitative estimate of drug-likeness (QED) is 0.353. The molecule has 0 bridgehead atoms. The van der Waals surface area contributed by atoms with Crippen molar-refractivity contribution in [2.24, 2.45) is 5.73 Å². The van der Waals surface area contributed by atoms with Crippen LogP contribution in [-0.4, -0.2) is 53.3 Å². The first-order chi connectivity index (χ1) is 17.6. The van der Waals surface area contributed by atoms with Gasteiger partial charge in [-0.05, 0) is 12.1 Å². The van der Waals surface area contributed by atoms with Crippen molar-refractivity contribution >= 4 is 40.3 Å². The molecule has 1 unspecified atom stereocenters. The molecule has 0 saturated carbocycles. The van der Waals surface area contributed by atoms with Gasteiger partial charge in [-0.15, -0.1) is 9.47 Å². The summed E-state index contributed by atoms with van der Waals surface area (Å²) in [6.07, 6.45) is 3.11. The number of para-hydroxylation sites is 2. The van der Waals surface area contributed by atoms with Gasteiger partial charge < -0.3 is 25.5 Å². The number of benzene rings is 2. The number of nitrogens with zero attached hydrogens (tertiary/aromatic N) is 3. The van der Waals surface area contributed by atoms with Crippen LogP contribution in [0.1, 0.15) is 23.2 Å². The van der Waals surface area contributed by atoms with E-state index in [0.29, 0.717) is 41.5 Å². The predicted octanol–water partition coefficient (Wildman–Crippen LogP) is 3.92. The zero-order chi connectivity index (χ0) is 25.1. The Morgan fingerprint density at radius 1 is 1.06 bits per heavy atom. The van der Waals surface area contributed by atoms with Gasteiger partial charge in [-0.2, -0.15) is 4.98 Å². The first kappa shape index (κ1) is 23.5. The predicted molar refractivity (Wildman–Crippen MR) is 135 cm³/mol. The highest BCUT2D eigenvalue weighted by atomic mass is 16.5. The molecule has 36 heavy (non-hydrogen) atoms. The molecule has 1 aliphatic rings. The van der Waals surface area contributed by atoms with Gasteiger partial charge in [0.25, 0.3) is 5.91 Å². The lowest BCUT2D eigenvalue weighted by atomic mass is 10.1. The molecular weight excluding hydrogens is 460 g/mol. The van der Waals surface area contributed by atoms with E-state index in [9.17, 15) is 9.59 Å². The number of ether oxygens (including phenoxy) is 2. The van der Waals surface area contributed by atoms with E-state index in [4.69, 9.17) is 25.2 Å². The van der Waals surface area contributed by atoms with Gasteiger partial charge in [0.1, 0.15) is 11.7 Å². The number of nitrogens with one attached hydrogen (secondary N) is 2. The molecule has 0 aliphatic carbocycles. The third kappa shape index (κ3) is 3.96. The summed E-state index contributed by atoms with van der Waals surface area (Å²) in [4.78, 5) is 39.2. The second-order valence-electron chi connectivity index (χ2n) is 8.44. The number of carbonyl (C=O) groups is 2. The molecule has 4 aromatic rings. The van der Waals surface area contributed by atoms with E-state index in [1.165, 1.54) is 7.05 Å². The standard InChI is InChI=1S/C26H26N6O4/c1-28-26(34)32(17-7-3-2-4-8-17,21-10-6-5-9-19(21)22(27)33)25-30-23-20(11-14-29-23)24(31-25)36-18-12-15-35-16-13-18/h2-11,14,18H,12-13,15-16H2,1H3,(H3-,27,28,29,30,31,33,34)/p+1. The number of hydrogen-bond donors (Lipinski definition) is 3. The lowest BCUT2D eigenvalue weighted by Crippen LogP contribution is -2.52. The number of hydrogen-bond acceptors (Lipinski definition) is 6. The molecule has 1 fully saturated rings. The van der Waals surface area contributed by atoms with Gasteiger partial charge >= 0.3 is 12.0 Å². The Morgan fingerprint density at radius 2 is 1.78 bits per heavy atom. The molecule has 184 valence electrons. The smallest absolute Gasteiger partial charge is 0.434 e. The van der Waals surface area contributed by atoms with Crippen molar-refractivity contribution in [3.63, 3.8) is 0 Å². The first-order valence-corrected chi connectivity index (χ1v) is 11.7. The van der Waals surface area contributed by atoms with Crippen LogP contribution in [0, 0.1) is 0 Å². The molecular formula is C26H27N6O4+. The minimum absolute atomic E-state index is 0.0869. The van der Waals surface area contributed by atoms with Gasteiger partial charge in [0.15, 0.2) is 17.0 Å². The van der Waals surface area contributed by atoms with Gasteiger partial charge in [-0.3, -0.25) is 4.79 Å². The normalized spacial score (nSPS) is 15.8. The van der Waals surface area contributed by atoms with Crippen molar-refractivity contribution < 1.29 is 19.1 Å². The SMILES string of the molecule is CNC(=O)[N+](c1ccccc1)(c1nc(OC2CCOCC2)c2cc[nH]c2n1)c1ccccc1C(N)=O. The summed E-state index contributed by atoms with van der Waals surface area (Å²) >= 11 is 0. The number of rotatable bonds is 6. The fourth-order valence-electron chi connectivity index (χ4n) is 4.57. The summed E-state index contributed by atoms with van der Waals surface area (Å²) in [7, 11) is 1.53. The maximum absolute atomic E-state index is 13.9.